The van der Waals surface area contributed by atoms with Crippen molar-refractivity contribution in [2.75, 3.05) is 25.6 Å². The van der Waals surface area contributed by atoms with Gasteiger partial charge in [0.25, 0.3) is 5.56 Å². The molecule has 3 heterocycles. The molecule has 3 aromatic heterocycles. The average molecular weight is 410 g/mol. The molecule has 1 aliphatic carbocycles. The number of thiophene rings is 1. The maximum atomic E-state index is 12.5. The molecule has 4 rings (SSSR count). The lowest BCUT2D eigenvalue weighted by molar-refractivity contribution is 0.211. The summed E-state index contributed by atoms with van der Waals surface area (Å²) in [5, 5.41) is 13.0. The van der Waals surface area contributed by atoms with Crippen LogP contribution in [-0.2, 0) is 23.3 Å². The monoisotopic (exact) mass is 409 g/mol. The molecule has 0 radical (unpaired) electrons. The van der Waals surface area contributed by atoms with Crippen LogP contribution in [0.1, 0.15) is 29.1 Å². The van der Waals surface area contributed by atoms with E-state index in [0.717, 1.165) is 39.0 Å². The van der Waals surface area contributed by atoms with Crippen LogP contribution in [-0.4, -0.2) is 40.4 Å². The Labute approximate surface area is 162 Å². The molecule has 3 aromatic rings. The Bertz CT molecular complexity index is 965. The number of fused-ring (bicyclic) bond motifs is 3. The fourth-order valence-electron chi connectivity index (χ4n) is 3.01. The van der Waals surface area contributed by atoms with Gasteiger partial charge in [0.05, 0.1) is 17.7 Å². The summed E-state index contributed by atoms with van der Waals surface area (Å²) in [5.74, 6) is 1.26. The number of ether oxygens (including phenoxy) is 1. The Morgan fingerprint density at radius 2 is 2.15 bits per heavy atom. The number of anilines is 1. The van der Waals surface area contributed by atoms with Crippen molar-refractivity contribution in [1.29, 1.82) is 0 Å². The van der Waals surface area contributed by atoms with E-state index < -0.39 is 0 Å². The highest BCUT2D eigenvalue weighted by Gasteiger charge is 2.19. The van der Waals surface area contributed by atoms with Gasteiger partial charge in [-0.3, -0.25) is 4.79 Å². The van der Waals surface area contributed by atoms with Crippen molar-refractivity contribution in [2.45, 2.75) is 35.8 Å². The summed E-state index contributed by atoms with van der Waals surface area (Å²) >= 11 is 4.70. The summed E-state index contributed by atoms with van der Waals surface area (Å²) in [7, 11) is 1.66. The Balaban J connectivity index is 1.47. The van der Waals surface area contributed by atoms with Crippen molar-refractivity contribution in [2.24, 2.45) is 0 Å². The molecule has 0 aliphatic heterocycles. The van der Waals surface area contributed by atoms with Crippen molar-refractivity contribution in [3.63, 3.8) is 0 Å². The summed E-state index contributed by atoms with van der Waals surface area (Å²) < 4.78 is 5.85. The van der Waals surface area contributed by atoms with Crippen LogP contribution in [0.15, 0.2) is 9.13 Å². The molecule has 0 bridgehead atoms. The summed E-state index contributed by atoms with van der Waals surface area (Å²) in [4.78, 5) is 22.4. The number of thioether (sulfide) groups is 1. The van der Waals surface area contributed by atoms with Crippen molar-refractivity contribution in [1.82, 2.24) is 20.2 Å². The third kappa shape index (κ3) is 3.78. The zero-order valence-corrected chi connectivity index (χ0v) is 16.8. The van der Waals surface area contributed by atoms with Crippen LogP contribution in [0.25, 0.3) is 10.2 Å². The lowest BCUT2D eigenvalue weighted by Crippen LogP contribution is -2.12. The number of aryl methyl sites for hydroxylation is 2. The predicted octanol–water partition coefficient (Wildman–Crippen LogP) is 3.07. The van der Waals surface area contributed by atoms with E-state index in [9.17, 15) is 4.79 Å². The number of H-pyrrole nitrogens is 1. The van der Waals surface area contributed by atoms with Gasteiger partial charge in [0, 0.05) is 18.5 Å². The molecule has 2 N–H and O–H groups in total. The first-order chi connectivity index (χ1) is 12.7. The lowest BCUT2D eigenvalue weighted by atomic mass is 9.97. The molecule has 0 saturated heterocycles. The molecule has 0 unspecified atom stereocenters. The quantitative estimate of drug-likeness (QED) is 0.457. The highest BCUT2D eigenvalue weighted by atomic mass is 32.2. The maximum absolute atomic E-state index is 12.5. The van der Waals surface area contributed by atoms with Crippen LogP contribution in [0.2, 0.25) is 0 Å². The Hall–Kier alpha value is -1.49. The third-order valence-corrected chi connectivity index (χ3v) is 7.41. The highest BCUT2D eigenvalue weighted by Crippen LogP contribution is 2.34. The average Bonchev–Trinajstić information content (AvgIpc) is 3.24. The van der Waals surface area contributed by atoms with E-state index in [2.05, 4.69) is 20.5 Å². The molecule has 138 valence electrons. The van der Waals surface area contributed by atoms with E-state index in [1.165, 1.54) is 40.0 Å². The SMILES string of the molecule is COCCNc1nnc(SCc2nc3sc4c(c3c(=O)[nH]2)CCCC4)s1. The van der Waals surface area contributed by atoms with E-state index in [1.807, 2.05) is 0 Å². The van der Waals surface area contributed by atoms with Gasteiger partial charge in [-0.2, -0.15) is 0 Å². The molecule has 0 fully saturated rings. The fraction of sp³-hybridized carbons (Fsp3) is 0.500. The molecule has 10 heteroatoms. The second-order valence-corrected chi connectivity index (χ2v) is 9.27. The first-order valence-electron chi connectivity index (χ1n) is 8.47. The molecule has 0 saturated carbocycles. The highest BCUT2D eigenvalue weighted by molar-refractivity contribution is 8.00. The van der Waals surface area contributed by atoms with E-state index in [0.29, 0.717) is 24.7 Å². The van der Waals surface area contributed by atoms with E-state index >= 15 is 0 Å². The van der Waals surface area contributed by atoms with E-state index in [-0.39, 0.29) is 5.56 Å². The Morgan fingerprint density at radius 3 is 3.04 bits per heavy atom. The second-order valence-electron chi connectivity index (χ2n) is 5.99. The van der Waals surface area contributed by atoms with Gasteiger partial charge < -0.3 is 15.0 Å². The number of methoxy groups -OCH3 is 1. The standard InChI is InChI=1S/C16H19N5O2S3/c1-23-7-6-17-15-20-21-16(26-15)24-8-11-18-13(22)12-9-4-2-3-5-10(9)25-14(12)19-11/h2-8H2,1H3,(H,17,20)(H,18,19,22). The largest absolute Gasteiger partial charge is 0.383 e. The van der Waals surface area contributed by atoms with Crippen LogP contribution >= 0.6 is 34.4 Å². The zero-order chi connectivity index (χ0) is 17.9. The third-order valence-electron chi connectivity index (χ3n) is 4.20. The minimum absolute atomic E-state index is 0.0100. The number of nitrogens with one attached hydrogen (secondary N) is 2. The number of aromatic nitrogens is 4. The number of rotatable bonds is 7. The molecule has 7 nitrogen and oxygen atoms in total. The van der Waals surface area contributed by atoms with Crippen LogP contribution in [0, 0.1) is 0 Å². The van der Waals surface area contributed by atoms with Crippen molar-refractivity contribution in [3.05, 3.63) is 26.6 Å². The molecular formula is C16H19N5O2S3. The van der Waals surface area contributed by atoms with Crippen molar-refractivity contribution < 1.29 is 4.74 Å². The van der Waals surface area contributed by atoms with Crippen molar-refractivity contribution >= 4 is 49.8 Å². The van der Waals surface area contributed by atoms with Gasteiger partial charge in [-0.25, -0.2) is 4.98 Å². The van der Waals surface area contributed by atoms with Crippen molar-refractivity contribution in [3.8, 4) is 0 Å². The zero-order valence-electron chi connectivity index (χ0n) is 14.3. The second kappa shape index (κ2) is 8.03. The molecule has 0 aromatic carbocycles. The van der Waals surface area contributed by atoms with Gasteiger partial charge in [-0.05, 0) is 31.2 Å². The molecule has 1 aliphatic rings. The smallest absolute Gasteiger partial charge is 0.259 e. The number of hydrogen-bond donors (Lipinski definition) is 2. The number of hydrogen-bond acceptors (Lipinski definition) is 9. The van der Waals surface area contributed by atoms with Gasteiger partial charge in [0.1, 0.15) is 10.7 Å². The Morgan fingerprint density at radius 1 is 1.27 bits per heavy atom. The van der Waals surface area contributed by atoms with E-state index in [4.69, 9.17) is 9.72 Å². The van der Waals surface area contributed by atoms with Gasteiger partial charge in [-0.15, -0.1) is 21.5 Å². The summed E-state index contributed by atoms with van der Waals surface area (Å²) in [5.41, 5.74) is 1.21. The molecular weight excluding hydrogens is 390 g/mol. The van der Waals surface area contributed by atoms with Gasteiger partial charge >= 0.3 is 0 Å². The van der Waals surface area contributed by atoms with Gasteiger partial charge in [-0.1, -0.05) is 23.1 Å². The fourth-order valence-corrected chi connectivity index (χ4v) is 5.94. The predicted molar refractivity (Wildman–Crippen MR) is 107 cm³/mol. The molecule has 0 atom stereocenters. The first-order valence-corrected chi connectivity index (χ1v) is 11.1. The minimum atomic E-state index is -0.0100. The van der Waals surface area contributed by atoms with Gasteiger partial charge in [0.2, 0.25) is 5.13 Å². The summed E-state index contributed by atoms with van der Waals surface area (Å²) in [6.07, 6.45) is 4.44. The number of aromatic amines is 1. The topological polar surface area (TPSA) is 92.8 Å². The Kier molecular flexibility index (Phi) is 5.53. The molecule has 0 spiro atoms. The van der Waals surface area contributed by atoms with Crippen LogP contribution in [0.3, 0.4) is 0 Å². The van der Waals surface area contributed by atoms with Crippen LogP contribution < -0.4 is 10.9 Å². The molecule has 26 heavy (non-hydrogen) atoms. The first kappa shape index (κ1) is 17.9. The maximum Gasteiger partial charge on any atom is 0.259 e. The van der Waals surface area contributed by atoms with E-state index in [1.54, 1.807) is 18.4 Å². The van der Waals surface area contributed by atoms with Crippen LogP contribution in [0.4, 0.5) is 5.13 Å². The minimum Gasteiger partial charge on any atom is -0.383 e. The summed E-state index contributed by atoms with van der Waals surface area (Å²) in [6, 6.07) is 0. The van der Waals surface area contributed by atoms with Gasteiger partial charge in [0.15, 0.2) is 4.34 Å². The number of nitrogens with zero attached hydrogens (tertiary/aromatic N) is 3. The lowest BCUT2D eigenvalue weighted by Gasteiger charge is -2.09. The normalized spacial score (nSPS) is 13.9. The van der Waals surface area contributed by atoms with Crippen LogP contribution in [0.5, 0.6) is 0 Å². The summed E-state index contributed by atoms with van der Waals surface area (Å²) in [6.45, 7) is 1.32. The molecule has 0 amide bonds.